The molecule has 116 valence electrons. The Morgan fingerprint density at radius 2 is 2.00 bits per heavy atom. The maximum Gasteiger partial charge on any atom is 0.242 e. The summed E-state index contributed by atoms with van der Waals surface area (Å²) < 4.78 is 27.9. The molecule has 0 radical (unpaired) electrons. The van der Waals surface area contributed by atoms with Gasteiger partial charge in [-0.3, -0.25) is 0 Å². The van der Waals surface area contributed by atoms with Crippen LogP contribution in [0.2, 0.25) is 0 Å². The number of rotatable bonds is 8. The predicted molar refractivity (Wildman–Crippen MR) is 84.6 cm³/mol. The van der Waals surface area contributed by atoms with Crippen molar-refractivity contribution in [1.29, 1.82) is 0 Å². The van der Waals surface area contributed by atoms with Crippen LogP contribution in [0.4, 0.5) is 0 Å². The first kappa shape index (κ1) is 17.6. The van der Waals surface area contributed by atoms with Crippen LogP contribution in [0, 0.1) is 5.92 Å². The van der Waals surface area contributed by atoms with Gasteiger partial charge in [0.25, 0.3) is 0 Å². The molecule has 0 aliphatic heterocycles. The van der Waals surface area contributed by atoms with Crippen molar-refractivity contribution in [3.63, 3.8) is 0 Å². The van der Waals surface area contributed by atoms with Crippen LogP contribution in [0.15, 0.2) is 16.3 Å². The molecule has 0 amide bonds. The number of nitrogens with zero attached hydrogens (tertiary/aromatic N) is 1. The second-order valence-electron chi connectivity index (χ2n) is 5.47. The van der Waals surface area contributed by atoms with Gasteiger partial charge in [-0.15, -0.1) is 11.3 Å². The van der Waals surface area contributed by atoms with E-state index in [-0.39, 0.29) is 12.0 Å². The molecule has 0 saturated carbocycles. The lowest BCUT2D eigenvalue weighted by Gasteiger charge is -2.25. The zero-order valence-corrected chi connectivity index (χ0v) is 14.4. The smallest absolute Gasteiger partial charge is 0.242 e. The van der Waals surface area contributed by atoms with Crippen LogP contribution >= 0.6 is 11.3 Å². The number of thiophene rings is 1. The summed E-state index contributed by atoms with van der Waals surface area (Å²) in [5.41, 5.74) is 0. The first-order chi connectivity index (χ1) is 9.27. The highest BCUT2D eigenvalue weighted by Crippen LogP contribution is 2.22. The Kier molecular flexibility index (Phi) is 6.60. The fourth-order valence-electron chi connectivity index (χ4n) is 1.90. The molecule has 2 N–H and O–H groups in total. The van der Waals surface area contributed by atoms with Gasteiger partial charge in [0.05, 0.1) is 4.90 Å². The average Bonchev–Trinajstić information content (AvgIpc) is 2.76. The highest BCUT2D eigenvalue weighted by atomic mass is 32.2. The summed E-state index contributed by atoms with van der Waals surface area (Å²) in [6, 6.07) is 1.57. The molecule has 1 aromatic heterocycles. The topological polar surface area (TPSA) is 61.4 Å². The van der Waals surface area contributed by atoms with Crippen molar-refractivity contribution in [2.75, 3.05) is 27.7 Å². The molecular weight excluding hydrogens is 294 g/mol. The van der Waals surface area contributed by atoms with E-state index in [2.05, 4.69) is 10.0 Å². The number of likely N-dealkylation sites (N-methyl/N-ethyl adjacent to an activating group) is 1. The number of hydrogen-bond donors (Lipinski definition) is 2. The molecule has 20 heavy (non-hydrogen) atoms. The van der Waals surface area contributed by atoms with Crippen molar-refractivity contribution in [1.82, 2.24) is 14.9 Å². The van der Waals surface area contributed by atoms with Crippen molar-refractivity contribution in [3.05, 3.63) is 16.3 Å². The van der Waals surface area contributed by atoms with Gasteiger partial charge < -0.3 is 10.2 Å². The Morgan fingerprint density at radius 1 is 1.35 bits per heavy atom. The molecule has 5 nitrogen and oxygen atoms in total. The van der Waals surface area contributed by atoms with Crippen molar-refractivity contribution in [2.45, 2.75) is 31.3 Å². The summed E-state index contributed by atoms with van der Waals surface area (Å²) in [5, 5.41) is 4.82. The Morgan fingerprint density at radius 3 is 2.50 bits per heavy atom. The third-order valence-electron chi connectivity index (χ3n) is 3.00. The molecule has 0 spiro atoms. The second-order valence-corrected chi connectivity index (χ2v) is 8.16. The van der Waals surface area contributed by atoms with Gasteiger partial charge in [0.15, 0.2) is 0 Å². The highest BCUT2D eigenvalue weighted by Gasteiger charge is 2.25. The zero-order valence-electron chi connectivity index (χ0n) is 12.8. The lowest BCUT2D eigenvalue weighted by atomic mass is 10.1. The molecule has 0 saturated heterocycles. The molecule has 1 heterocycles. The largest absolute Gasteiger partial charge is 0.315 e. The molecule has 1 rings (SSSR count). The molecule has 1 unspecified atom stereocenters. The molecule has 0 aliphatic carbocycles. The highest BCUT2D eigenvalue weighted by molar-refractivity contribution is 7.89. The van der Waals surface area contributed by atoms with Gasteiger partial charge in [-0.2, -0.15) is 0 Å². The Balaban J connectivity index is 2.94. The minimum atomic E-state index is -3.47. The first-order valence-corrected chi connectivity index (χ1v) is 9.02. The van der Waals surface area contributed by atoms with Gasteiger partial charge in [-0.05, 0) is 38.5 Å². The summed E-state index contributed by atoms with van der Waals surface area (Å²) in [4.78, 5) is 3.23. The Bertz CT molecular complexity index is 509. The van der Waals surface area contributed by atoms with E-state index in [1.54, 1.807) is 6.07 Å². The third-order valence-corrected chi connectivity index (χ3v) is 5.63. The van der Waals surface area contributed by atoms with Crippen LogP contribution in [-0.2, 0) is 16.6 Å². The molecule has 7 heteroatoms. The standard InChI is InChI=1S/C13H25N3O2S2/c1-10(2)11(9-16(4)5)15-20(17,18)13-6-7-19-12(13)8-14-3/h6-7,10-11,14-15H,8-9H2,1-5H3. The van der Waals surface area contributed by atoms with E-state index in [1.165, 1.54) is 11.3 Å². The molecular formula is C13H25N3O2S2. The SMILES string of the molecule is CNCc1sccc1S(=O)(=O)NC(CN(C)C)C(C)C. The first-order valence-electron chi connectivity index (χ1n) is 6.66. The summed E-state index contributed by atoms with van der Waals surface area (Å²) >= 11 is 1.46. The maximum atomic E-state index is 12.5. The zero-order chi connectivity index (χ0) is 15.3. The van der Waals surface area contributed by atoms with Crippen molar-refractivity contribution in [2.24, 2.45) is 5.92 Å². The maximum absolute atomic E-state index is 12.5. The molecule has 0 aliphatic rings. The van der Waals surface area contributed by atoms with E-state index in [0.29, 0.717) is 18.0 Å². The van der Waals surface area contributed by atoms with Crippen LogP contribution in [-0.4, -0.2) is 47.0 Å². The van der Waals surface area contributed by atoms with Gasteiger partial charge in [0.2, 0.25) is 10.0 Å². The fourth-order valence-corrected chi connectivity index (χ4v) is 4.73. The third kappa shape index (κ3) is 4.82. The van der Waals surface area contributed by atoms with Crippen LogP contribution in [0.1, 0.15) is 18.7 Å². The number of sulfonamides is 1. The van der Waals surface area contributed by atoms with Gasteiger partial charge >= 0.3 is 0 Å². The van der Waals surface area contributed by atoms with Gasteiger partial charge in [-0.25, -0.2) is 13.1 Å². The summed E-state index contributed by atoms with van der Waals surface area (Å²) in [7, 11) is 2.24. The Labute approximate surface area is 126 Å². The van der Waals surface area contributed by atoms with Crippen molar-refractivity contribution < 1.29 is 8.42 Å². The molecule has 1 aromatic rings. The second kappa shape index (κ2) is 7.51. The van der Waals surface area contributed by atoms with E-state index < -0.39 is 10.0 Å². The van der Waals surface area contributed by atoms with Crippen LogP contribution in [0.5, 0.6) is 0 Å². The minimum Gasteiger partial charge on any atom is -0.315 e. The summed E-state index contributed by atoms with van der Waals surface area (Å²) in [6.07, 6.45) is 0. The van der Waals surface area contributed by atoms with E-state index in [9.17, 15) is 8.42 Å². The Hall–Kier alpha value is -0.470. The predicted octanol–water partition coefficient (Wildman–Crippen LogP) is 1.33. The quantitative estimate of drug-likeness (QED) is 0.759. The molecule has 0 bridgehead atoms. The van der Waals surface area contributed by atoms with E-state index in [4.69, 9.17) is 0 Å². The van der Waals surface area contributed by atoms with Crippen molar-refractivity contribution >= 4 is 21.4 Å². The monoisotopic (exact) mass is 319 g/mol. The van der Waals surface area contributed by atoms with Gasteiger partial charge in [0.1, 0.15) is 0 Å². The van der Waals surface area contributed by atoms with Gasteiger partial charge in [0, 0.05) is 24.0 Å². The van der Waals surface area contributed by atoms with Crippen LogP contribution in [0.3, 0.4) is 0 Å². The van der Waals surface area contributed by atoms with E-state index in [1.807, 2.05) is 45.3 Å². The van der Waals surface area contributed by atoms with Crippen molar-refractivity contribution in [3.8, 4) is 0 Å². The van der Waals surface area contributed by atoms with Crippen LogP contribution < -0.4 is 10.0 Å². The minimum absolute atomic E-state index is 0.0997. The number of nitrogens with one attached hydrogen (secondary N) is 2. The lowest BCUT2D eigenvalue weighted by molar-refractivity contribution is 0.314. The average molecular weight is 319 g/mol. The van der Waals surface area contributed by atoms with Gasteiger partial charge in [-0.1, -0.05) is 13.8 Å². The fraction of sp³-hybridized carbons (Fsp3) is 0.692. The van der Waals surface area contributed by atoms with E-state index in [0.717, 1.165) is 4.88 Å². The lowest BCUT2D eigenvalue weighted by Crippen LogP contribution is -2.45. The summed E-state index contributed by atoms with van der Waals surface area (Å²) in [6.45, 7) is 5.30. The summed E-state index contributed by atoms with van der Waals surface area (Å²) in [5.74, 6) is 0.235. The number of hydrogen-bond acceptors (Lipinski definition) is 5. The molecule has 0 aromatic carbocycles. The molecule has 0 fully saturated rings. The van der Waals surface area contributed by atoms with Crippen LogP contribution in [0.25, 0.3) is 0 Å². The molecule has 1 atom stereocenters. The van der Waals surface area contributed by atoms with E-state index >= 15 is 0 Å². The normalized spacial score (nSPS) is 14.2.